The van der Waals surface area contributed by atoms with E-state index in [-0.39, 0.29) is 24.1 Å². The number of anilines is 1. The molecule has 0 saturated heterocycles. The fourth-order valence-corrected chi connectivity index (χ4v) is 3.38. The van der Waals surface area contributed by atoms with E-state index in [1.165, 1.54) is 0 Å². The van der Waals surface area contributed by atoms with Gasteiger partial charge in [0.1, 0.15) is 24.1 Å². The monoisotopic (exact) mass is 379 g/mol. The van der Waals surface area contributed by atoms with Gasteiger partial charge in [-0.3, -0.25) is 9.59 Å². The van der Waals surface area contributed by atoms with E-state index in [1.807, 2.05) is 32.0 Å². The molecule has 28 heavy (non-hydrogen) atoms. The van der Waals surface area contributed by atoms with Gasteiger partial charge in [0.2, 0.25) is 5.91 Å². The molecule has 2 aromatic carbocycles. The standard InChI is InChI=1S/C21H21N3O4/c1-3-27-19-9-15-8-13(2)28-18(15)10-17(19)23-20(25)12-24-21(26)16-7-5-4-6-14(16)11-22-24/h4-7,9-11,13H,3,8,12H2,1-2H3,(H,23,25). The maximum atomic E-state index is 12.6. The molecule has 0 radical (unpaired) electrons. The summed E-state index contributed by atoms with van der Waals surface area (Å²) in [6.45, 7) is 4.17. The van der Waals surface area contributed by atoms with Gasteiger partial charge in [0, 0.05) is 23.4 Å². The van der Waals surface area contributed by atoms with E-state index in [0.717, 1.165) is 27.8 Å². The molecule has 1 amide bonds. The van der Waals surface area contributed by atoms with Crippen LogP contribution in [0.15, 0.2) is 47.4 Å². The number of nitrogens with one attached hydrogen (secondary N) is 1. The van der Waals surface area contributed by atoms with Crippen molar-refractivity contribution in [2.24, 2.45) is 0 Å². The SMILES string of the molecule is CCOc1cc2c(cc1NC(=O)Cn1ncc3ccccc3c1=O)OC(C)C2. The van der Waals surface area contributed by atoms with Crippen LogP contribution < -0.4 is 20.3 Å². The van der Waals surface area contributed by atoms with Crippen molar-refractivity contribution in [3.8, 4) is 11.5 Å². The third kappa shape index (κ3) is 3.43. The number of nitrogens with zero attached hydrogens (tertiary/aromatic N) is 2. The molecule has 2 heterocycles. The van der Waals surface area contributed by atoms with E-state index >= 15 is 0 Å². The van der Waals surface area contributed by atoms with E-state index < -0.39 is 0 Å². The number of amides is 1. The second kappa shape index (κ2) is 7.34. The summed E-state index contributed by atoms with van der Waals surface area (Å²) in [5, 5.41) is 8.19. The van der Waals surface area contributed by atoms with Crippen molar-refractivity contribution in [3.63, 3.8) is 0 Å². The van der Waals surface area contributed by atoms with Crippen molar-refractivity contribution >= 4 is 22.4 Å². The smallest absolute Gasteiger partial charge is 0.275 e. The number of carbonyl (C=O) groups is 1. The summed E-state index contributed by atoms with van der Waals surface area (Å²) in [4.78, 5) is 25.1. The van der Waals surface area contributed by atoms with Crippen molar-refractivity contribution < 1.29 is 14.3 Å². The highest BCUT2D eigenvalue weighted by atomic mass is 16.5. The molecule has 1 N–H and O–H groups in total. The number of hydrogen-bond donors (Lipinski definition) is 1. The quantitative estimate of drug-likeness (QED) is 0.737. The number of benzene rings is 2. The van der Waals surface area contributed by atoms with Crippen molar-refractivity contribution in [1.82, 2.24) is 9.78 Å². The Bertz CT molecular complexity index is 1110. The fourth-order valence-electron chi connectivity index (χ4n) is 3.38. The van der Waals surface area contributed by atoms with Crippen LogP contribution in [0.5, 0.6) is 11.5 Å². The van der Waals surface area contributed by atoms with Gasteiger partial charge < -0.3 is 14.8 Å². The van der Waals surface area contributed by atoms with Gasteiger partial charge in [-0.1, -0.05) is 18.2 Å². The van der Waals surface area contributed by atoms with E-state index in [1.54, 1.807) is 24.4 Å². The first-order valence-corrected chi connectivity index (χ1v) is 9.26. The molecule has 0 aliphatic carbocycles. The van der Waals surface area contributed by atoms with Gasteiger partial charge in [-0.2, -0.15) is 5.10 Å². The van der Waals surface area contributed by atoms with Crippen molar-refractivity contribution in [2.75, 3.05) is 11.9 Å². The highest BCUT2D eigenvalue weighted by Crippen LogP contribution is 2.38. The zero-order valence-corrected chi connectivity index (χ0v) is 15.8. The molecule has 3 aromatic rings. The summed E-state index contributed by atoms with van der Waals surface area (Å²) in [5.74, 6) is 0.968. The Kier molecular flexibility index (Phi) is 4.73. The average molecular weight is 379 g/mol. The van der Waals surface area contributed by atoms with Crippen molar-refractivity contribution in [3.05, 3.63) is 58.5 Å². The molecule has 1 aliphatic rings. The van der Waals surface area contributed by atoms with Crippen LogP contribution in [0.3, 0.4) is 0 Å². The van der Waals surface area contributed by atoms with Crippen LogP contribution in [-0.4, -0.2) is 28.4 Å². The Labute approximate surface area is 161 Å². The Hall–Kier alpha value is -3.35. The molecule has 144 valence electrons. The molecule has 7 nitrogen and oxygen atoms in total. The number of rotatable bonds is 5. The van der Waals surface area contributed by atoms with Crippen LogP contribution in [0.2, 0.25) is 0 Å². The Balaban J connectivity index is 1.58. The Morgan fingerprint density at radius 1 is 1.36 bits per heavy atom. The van der Waals surface area contributed by atoms with Gasteiger partial charge in [-0.05, 0) is 26.0 Å². The van der Waals surface area contributed by atoms with Crippen molar-refractivity contribution in [2.45, 2.75) is 32.9 Å². The highest BCUT2D eigenvalue weighted by Gasteiger charge is 2.22. The molecule has 4 rings (SSSR count). The normalized spacial score (nSPS) is 15.1. The van der Waals surface area contributed by atoms with E-state index in [4.69, 9.17) is 9.47 Å². The maximum Gasteiger partial charge on any atom is 0.275 e. The highest BCUT2D eigenvalue weighted by molar-refractivity contribution is 5.92. The topological polar surface area (TPSA) is 82.5 Å². The summed E-state index contributed by atoms with van der Waals surface area (Å²) in [6.07, 6.45) is 2.48. The second-order valence-corrected chi connectivity index (χ2v) is 6.76. The minimum Gasteiger partial charge on any atom is -0.492 e. The third-order valence-electron chi connectivity index (χ3n) is 4.63. The molecule has 1 aliphatic heterocycles. The van der Waals surface area contributed by atoms with Gasteiger partial charge in [0.25, 0.3) is 5.56 Å². The van der Waals surface area contributed by atoms with Gasteiger partial charge in [-0.15, -0.1) is 0 Å². The van der Waals surface area contributed by atoms with Crippen LogP contribution in [0.25, 0.3) is 10.8 Å². The summed E-state index contributed by atoms with van der Waals surface area (Å²) in [5.41, 5.74) is 1.28. The van der Waals surface area contributed by atoms with Gasteiger partial charge in [0.05, 0.1) is 23.9 Å². The molecular formula is C21H21N3O4. The minimum atomic E-state index is -0.364. The zero-order valence-electron chi connectivity index (χ0n) is 15.8. The molecule has 0 spiro atoms. The van der Waals surface area contributed by atoms with Crippen LogP contribution in [0.1, 0.15) is 19.4 Å². The number of aromatic nitrogens is 2. The van der Waals surface area contributed by atoms with Crippen LogP contribution in [-0.2, 0) is 17.8 Å². The van der Waals surface area contributed by atoms with E-state index in [9.17, 15) is 9.59 Å². The Morgan fingerprint density at radius 3 is 3.00 bits per heavy atom. The van der Waals surface area contributed by atoms with Crippen molar-refractivity contribution in [1.29, 1.82) is 0 Å². The zero-order chi connectivity index (χ0) is 19.7. The average Bonchev–Trinajstić information content (AvgIpc) is 3.03. The molecule has 0 saturated carbocycles. The van der Waals surface area contributed by atoms with Gasteiger partial charge >= 0.3 is 0 Å². The van der Waals surface area contributed by atoms with Crippen LogP contribution >= 0.6 is 0 Å². The summed E-state index contributed by atoms with van der Waals surface area (Å²) >= 11 is 0. The number of fused-ring (bicyclic) bond motifs is 2. The molecule has 1 aromatic heterocycles. The van der Waals surface area contributed by atoms with Crippen LogP contribution in [0.4, 0.5) is 5.69 Å². The summed E-state index contributed by atoms with van der Waals surface area (Å²) < 4.78 is 12.6. The van der Waals surface area contributed by atoms with Crippen LogP contribution in [0, 0.1) is 0 Å². The lowest BCUT2D eigenvalue weighted by Crippen LogP contribution is -2.29. The lowest BCUT2D eigenvalue weighted by molar-refractivity contribution is -0.117. The maximum absolute atomic E-state index is 12.6. The molecule has 0 fully saturated rings. The predicted octanol–water partition coefficient (Wildman–Crippen LogP) is 2.76. The minimum absolute atomic E-state index is 0.0933. The summed E-state index contributed by atoms with van der Waals surface area (Å²) in [6, 6.07) is 10.8. The summed E-state index contributed by atoms with van der Waals surface area (Å²) in [7, 11) is 0. The molecule has 0 bridgehead atoms. The number of carbonyl (C=O) groups excluding carboxylic acids is 1. The first-order valence-electron chi connectivity index (χ1n) is 9.26. The molecule has 1 atom stereocenters. The molecule has 1 unspecified atom stereocenters. The Morgan fingerprint density at radius 2 is 2.18 bits per heavy atom. The van der Waals surface area contributed by atoms with Gasteiger partial charge in [-0.25, -0.2) is 4.68 Å². The van der Waals surface area contributed by atoms with E-state index in [0.29, 0.717) is 23.4 Å². The van der Waals surface area contributed by atoms with E-state index in [2.05, 4.69) is 10.4 Å². The first kappa shape index (κ1) is 18.0. The lowest BCUT2D eigenvalue weighted by atomic mass is 10.1. The second-order valence-electron chi connectivity index (χ2n) is 6.76. The molecular weight excluding hydrogens is 358 g/mol. The molecule has 7 heteroatoms. The number of hydrogen-bond acceptors (Lipinski definition) is 5. The fraction of sp³-hybridized carbons (Fsp3) is 0.286. The third-order valence-corrected chi connectivity index (χ3v) is 4.63. The predicted molar refractivity (Wildman–Crippen MR) is 106 cm³/mol. The largest absolute Gasteiger partial charge is 0.492 e. The lowest BCUT2D eigenvalue weighted by Gasteiger charge is -2.14. The first-order chi connectivity index (χ1) is 13.5. The number of ether oxygens (including phenoxy) is 2. The van der Waals surface area contributed by atoms with Gasteiger partial charge in [0.15, 0.2) is 0 Å².